The Morgan fingerprint density at radius 2 is 2.07 bits per heavy atom. The van der Waals surface area contributed by atoms with Crippen molar-refractivity contribution >= 4 is 5.91 Å². The van der Waals surface area contributed by atoms with Crippen LogP contribution in [0.1, 0.15) is 29.8 Å². The SMILES string of the molecule is CN1C(=O)c2c[c-]ccc2C1(C)C.[K+]. The van der Waals surface area contributed by atoms with Gasteiger partial charge in [-0.25, -0.2) is 0 Å². The van der Waals surface area contributed by atoms with Crippen molar-refractivity contribution < 1.29 is 56.2 Å². The van der Waals surface area contributed by atoms with E-state index in [2.05, 4.69) is 19.9 Å². The van der Waals surface area contributed by atoms with Gasteiger partial charge in [0, 0.05) is 12.6 Å². The first kappa shape index (κ1) is 12.4. The van der Waals surface area contributed by atoms with E-state index in [1.165, 1.54) is 0 Å². The van der Waals surface area contributed by atoms with Crippen LogP contribution in [0.3, 0.4) is 0 Å². The Morgan fingerprint density at radius 1 is 1.43 bits per heavy atom. The van der Waals surface area contributed by atoms with E-state index in [1.807, 2.05) is 19.2 Å². The summed E-state index contributed by atoms with van der Waals surface area (Å²) in [6.45, 7) is 4.10. The summed E-state index contributed by atoms with van der Waals surface area (Å²) in [5, 5.41) is 0. The third kappa shape index (κ3) is 1.61. The molecule has 1 aromatic rings. The van der Waals surface area contributed by atoms with E-state index >= 15 is 0 Å². The molecule has 1 aromatic carbocycles. The van der Waals surface area contributed by atoms with Gasteiger partial charge in [-0.3, -0.25) is 4.79 Å². The van der Waals surface area contributed by atoms with Crippen molar-refractivity contribution in [2.75, 3.05) is 7.05 Å². The van der Waals surface area contributed by atoms with E-state index < -0.39 is 0 Å². The molecule has 0 bridgehead atoms. The second-order valence-electron chi connectivity index (χ2n) is 3.89. The Kier molecular flexibility index (Phi) is 3.60. The van der Waals surface area contributed by atoms with Crippen LogP contribution in [0.15, 0.2) is 18.2 Å². The predicted octanol–water partition coefficient (Wildman–Crippen LogP) is -1.19. The number of amides is 1. The second-order valence-corrected chi connectivity index (χ2v) is 3.89. The summed E-state index contributed by atoms with van der Waals surface area (Å²) in [6, 6.07) is 8.52. The van der Waals surface area contributed by atoms with Crippen LogP contribution in [0.2, 0.25) is 0 Å². The molecule has 0 N–H and O–H groups in total. The zero-order valence-electron chi connectivity index (χ0n) is 9.09. The quantitative estimate of drug-likeness (QED) is 0.392. The van der Waals surface area contributed by atoms with Crippen LogP contribution in [0.4, 0.5) is 0 Å². The minimum atomic E-state index is -0.179. The Morgan fingerprint density at radius 3 is 2.64 bits per heavy atom. The zero-order valence-corrected chi connectivity index (χ0v) is 12.2. The van der Waals surface area contributed by atoms with Gasteiger partial charge in [0.05, 0.1) is 0 Å². The Labute approximate surface area is 127 Å². The van der Waals surface area contributed by atoms with E-state index in [4.69, 9.17) is 0 Å². The zero-order chi connectivity index (χ0) is 9.64. The Balaban J connectivity index is 0.000000980. The fourth-order valence-electron chi connectivity index (χ4n) is 1.76. The molecule has 0 saturated carbocycles. The maximum Gasteiger partial charge on any atom is 1.00 e. The molecule has 1 aliphatic heterocycles. The van der Waals surface area contributed by atoms with Crippen molar-refractivity contribution in [3.8, 4) is 0 Å². The molecule has 1 aliphatic rings. The molecule has 1 heterocycles. The summed E-state index contributed by atoms with van der Waals surface area (Å²) in [6.07, 6.45) is 0. The van der Waals surface area contributed by atoms with Crippen molar-refractivity contribution in [2.45, 2.75) is 19.4 Å². The average Bonchev–Trinajstić information content (AvgIpc) is 2.30. The summed E-state index contributed by atoms with van der Waals surface area (Å²) in [5.74, 6) is 0.0943. The van der Waals surface area contributed by atoms with Gasteiger partial charge in [0.1, 0.15) is 0 Å². The smallest absolute Gasteiger partial charge is 0.345 e. The number of carbonyl (C=O) groups excluding carboxylic acids is 1. The van der Waals surface area contributed by atoms with Gasteiger partial charge in [0.15, 0.2) is 5.91 Å². The molecule has 0 fully saturated rings. The molecular weight excluding hydrogens is 201 g/mol. The molecule has 68 valence electrons. The molecule has 1 amide bonds. The number of hydrogen-bond donors (Lipinski definition) is 0. The van der Waals surface area contributed by atoms with Gasteiger partial charge < -0.3 is 4.90 Å². The fraction of sp³-hybridized carbons (Fsp3) is 0.364. The standard InChI is InChI=1S/C11H12NO.K/c1-11(2)9-7-5-4-6-8(9)10(13)12(11)3;/h5-7H,1-3H3;/q-1;+1. The third-order valence-corrected chi connectivity index (χ3v) is 2.90. The van der Waals surface area contributed by atoms with E-state index in [1.54, 1.807) is 11.0 Å². The number of nitrogens with zero attached hydrogens (tertiary/aromatic N) is 1. The summed E-state index contributed by atoms with van der Waals surface area (Å²) in [5.41, 5.74) is 1.70. The maximum atomic E-state index is 11.7. The van der Waals surface area contributed by atoms with Gasteiger partial charge in [-0.2, -0.15) is 24.3 Å². The van der Waals surface area contributed by atoms with Gasteiger partial charge in [-0.05, 0) is 13.8 Å². The summed E-state index contributed by atoms with van der Waals surface area (Å²) in [7, 11) is 1.84. The summed E-state index contributed by atoms with van der Waals surface area (Å²) in [4.78, 5) is 13.5. The Hall–Kier alpha value is 0.326. The van der Waals surface area contributed by atoms with Crippen LogP contribution in [-0.2, 0) is 5.54 Å². The van der Waals surface area contributed by atoms with Gasteiger partial charge in [-0.15, -0.1) is 5.56 Å². The normalized spacial score (nSPS) is 17.6. The molecule has 0 unspecified atom stereocenters. The summed E-state index contributed by atoms with van der Waals surface area (Å²) < 4.78 is 0. The third-order valence-electron chi connectivity index (χ3n) is 2.90. The van der Waals surface area contributed by atoms with Crippen molar-refractivity contribution in [2.24, 2.45) is 0 Å². The number of carbonyl (C=O) groups is 1. The molecule has 0 aliphatic carbocycles. The monoisotopic (exact) mass is 213 g/mol. The number of benzene rings is 1. The minimum Gasteiger partial charge on any atom is -0.345 e. The van der Waals surface area contributed by atoms with Crippen LogP contribution in [0, 0.1) is 6.07 Å². The molecule has 0 aromatic heterocycles. The van der Waals surface area contributed by atoms with Crippen molar-refractivity contribution in [1.82, 2.24) is 4.90 Å². The number of rotatable bonds is 0. The molecule has 2 rings (SSSR count). The molecule has 2 nitrogen and oxygen atoms in total. The first-order valence-electron chi connectivity index (χ1n) is 4.34. The van der Waals surface area contributed by atoms with E-state index in [0.29, 0.717) is 0 Å². The first-order valence-corrected chi connectivity index (χ1v) is 4.34. The molecule has 0 radical (unpaired) electrons. The van der Waals surface area contributed by atoms with E-state index in [-0.39, 0.29) is 62.8 Å². The van der Waals surface area contributed by atoms with Gasteiger partial charge in [0.25, 0.3) is 0 Å². The average molecular weight is 213 g/mol. The fourth-order valence-corrected chi connectivity index (χ4v) is 1.76. The molecule has 3 heteroatoms. The van der Waals surface area contributed by atoms with Crippen molar-refractivity contribution in [3.63, 3.8) is 0 Å². The van der Waals surface area contributed by atoms with Gasteiger partial charge >= 0.3 is 51.4 Å². The topological polar surface area (TPSA) is 20.3 Å². The second kappa shape index (κ2) is 4.06. The van der Waals surface area contributed by atoms with Gasteiger partial charge in [-0.1, -0.05) is 5.56 Å². The van der Waals surface area contributed by atoms with Crippen LogP contribution in [0.25, 0.3) is 0 Å². The van der Waals surface area contributed by atoms with Crippen molar-refractivity contribution in [1.29, 1.82) is 0 Å². The molecule has 0 atom stereocenters. The van der Waals surface area contributed by atoms with E-state index in [9.17, 15) is 4.79 Å². The number of hydrogen-bond acceptors (Lipinski definition) is 1. The van der Waals surface area contributed by atoms with Crippen LogP contribution < -0.4 is 51.4 Å². The van der Waals surface area contributed by atoms with Gasteiger partial charge in [0.2, 0.25) is 0 Å². The summed E-state index contributed by atoms with van der Waals surface area (Å²) >= 11 is 0. The minimum absolute atomic E-state index is 0. The largest absolute Gasteiger partial charge is 1.00 e. The van der Waals surface area contributed by atoms with Crippen LogP contribution >= 0.6 is 0 Å². The van der Waals surface area contributed by atoms with Crippen LogP contribution in [0.5, 0.6) is 0 Å². The predicted molar refractivity (Wildman–Crippen MR) is 50.4 cm³/mol. The van der Waals surface area contributed by atoms with Crippen LogP contribution in [-0.4, -0.2) is 17.9 Å². The van der Waals surface area contributed by atoms with E-state index in [0.717, 1.165) is 11.1 Å². The first-order chi connectivity index (χ1) is 6.05. The molecule has 14 heavy (non-hydrogen) atoms. The molecule has 0 saturated heterocycles. The maximum absolute atomic E-state index is 11.7. The van der Waals surface area contributed by atoms with Crippen molar-refractivity contribution in [3.05, 3.63) is 35.4 Å². The Bertz CT molecular complexity index is 373. The molecular formula is C11H12KNO. The number of fused-ring (bicyclic) bond motifs is 1. The molecule has 0 spiro atoms.